The van der Waals surface area contributed by atoms with Crippen molar-refractivity contribution in [3.05, 3.63) is 28.8 Å². The summed E-state index contributed by atoms with van der Waals surface area (Å²) in [5, 5.41) is 4.31. The fourth-order valence-corrected chi connectivity index (χ4v) is 2.90. The van der Waals surface area contributed by atoms with E-state index < -0.39 is 0 Å². The second kappa shape index (κ2) is 6.36. The second-order valence-electron chi connectivity index (χ2n) is 6.35. The van der Waals surface area contributed by atoms with Gasteiger partial charge in [0.25, 0.3) is 0 Å². The van der Waals surface area contributed by atoms with E-state index in [-0.39, 0.29) is 0 Å². The van der Waals surface area contributed by atoms with Crippen LogP contribution in [0.4, 0.5) is 5.69 Å². The molecular formula is C17H25ClN2. The zero-order valence-electron chi connectivity index (χ0n) is 12.4. The molecule has 110 valence electrons. The lowest BCUT2D eigenvalue weighted by Crippen LogP contribution is -2.29. The van der Waals surface area contributed by atoms with Crippen LogP contribution in [0.15, 0.2) is 18.2 Å². The summed E-state index contributed by atoms with van der Waals surface area (Å²) in [5.74, 6) is 1.83. The summed E-state index contributed by atoms with van der Waals surface area (Å²) < 4.78 is 0. The predicted octanol–water partition coefficient (Wildman–Crippen LogP) is 4.08. The van der Waals surface area contributed by atoms with E-state index in [0.29, 0.717) is 0 Å². The maximum Gasteiger partial charge on any atom is 0.0426 e. The Bertz CT molecular complexity index is 438. The van der Waals surface area contributed by atoms with Crippen molar-refractivity contribution in [1.82, 2.24) is 5.32 Å². The van der Waals surface area contributed by atoms with Crippen LogP contribution in [-0.2, 0) is 6.54 Å². The molecule has 1 N–H and O–H groups in total. The third-order valence-electron chi connectivity index (χ3n) is 4.30. The number of nitrogens with zero attached hydrogens (tertiary/aromatic N) is 1. The Morgan fingerprint density at radius 2 is 1.80 bits per heavy atom. The molecule has 2 saturated carbocycles. The van der Waals surface area contributed by atoms with Crippen LogP contribution in [0, 0.1) is 11.8 Å². The van der Waals surface area contributed by atoms with Crippen LogP contribution in [-0.4, -0.2) is 19.6 Å². The van der Waals surface area contributed by atoms with Crippen molar-refractivity contribution >= 4 is 17.3 Å². The minimum atomic E-state index is 0.858. The quantitative estimate of drug-likeness (QED) is 0.777. The molecule has 1 aromatic carbocycles. The maximum absolute atomic E-state index is 6.25. The molecule has 0 bridgehead atoms. The van der Waals surface area contributed by atoms with Crippen LogP contribution < -0.4 is 10.2 Å². The van der Waals surface area contributed by atoms with Crippen LogP contribution in [0.2, 0.25) is 5.02 Å². The van der Waals surface area contributed by atoms with Gasteiger partial charge in [-0.1, -0.05) is 24.6 Å². The van der Waals surface area contributed by atoms with E-state index in [4.69, 9.17) is 11.6 Å². The number of nitrogens with one attached hydrogen (secondary N) is 1. The molecule has 2 fully saturated rings. The highest BCUT2D eigenvalue weighted by atomic mass is 35.5. The second-order valence-corrected chi connectivity index (χ2v) is 6.78. The summed E-state index contributed by atoms with van der Waals surface area (Å²) in [5.41, 5.74) is 2.75. The zero-order valence-corrected chi connectivity index (χ0v) is 13.1. The van der Waals surface area contributed by atoms with Gasteiger partial charge in [-0.25, -0.2) is 0 Å². The molecule has 2 nitrogen and oxygen atoms in total. The normalized spacial score (nSPS) is 18.3. The Kier molecular flexibility index (Phi) is 4.52. The molecule has 3 heteroatoms. The van der Waals surface area contributed by atoms with Crippen molar-refractivity contribution in [2.75, 3.05) is 24.5 Å². The van der Waals surface area contributed by atoms with Gasteiger partial charge in [0.1, 0.15) is 0 Å². The van der Waals surface area contributed by atoms with Gasteiger partial charge in [-0.3, -0.25) is 0 Å². The van der Waals surface area contributed by atoms with Crippen LogP contribution in [0.1, 0.15) is 38.2 Å². The Morgan fingerprint density at radius 1 is 1.15 bits per heavy atom. The minimum absolute atomic E-state index is 0.858. The molecule has 0 aromatic heterocycles. The lowest BCUT2D eigenvalue weighted by Gasteiger charge is -2.28. The van der Waals surface area contributed by atoms with E-state index >= 15 is 0 Å². The Balaban J connectivity index is 1.79. The number of benzene rings is 1. The summed E-state index contributed by atoms with van der Waals surface area (Å²) >= 11 is 6.25. The third-order valence-corrected chi connectivity index (χ3v) is 4.54. The highest BCUT2D eigenvalue weighted by Gasteiger charge is 2.30. The van der Waals surface area contributed by atoms with Crippen LogP contribution in [0.5, 0.6) is 0 Å². The first-order valence-electron chi connectivity index (χ1n) is 8.00. The molecule has 0 saturated heterocycles. The summed E-state index contributed by atoms with van der Waals surface area (Å²) in [6, 6.07) is 6.37. The molecule has 0 radical (unpaired) electrons. The van der Waals surface area contributed by atoms with Crippen molar-refractivity contribution in [3.63, 3.8) is 0 Å². The molecular weight excluding hydrogens is 268 g/mol. The van der Waals surface area contributed by atoms with Crippen LogP contribution in [0.3, 0.4) is 0 Å². The monoisotopic (exact) mass is 292 g/mol. The van der Waals surface area contributed by atoms with Gasteiger partial charge < -0.3 is 10.2 Å². The van der Waals surface area contributed by atoms with Gasteiger partial charge in [0.15, 0.2) is 0 Å². The van der Waals surface area contributed by atoms with Crippen LogP contribution in [0.25, 0.3) is 0 Å². The summed E-state index contributed by atoms with van der Waals surface area (Å²) in [6.07, 6.45) is 5.63. The number of hydrogen-bond donors (Lipinski definition) is 1. The lowest BCUT2D eigenvalue weighted by molar-refractivity contribution is 0.667. The number of hydrogen-bond acceptors (Lipinski definition) is 2. The molecule has 2 aliphatic rings. The van der Waals surface area contributed by atoms with E-state index in [9.17, 15) is 0 Å². The first-order chi connectivity index (χ1) is 9.76. The lowest BCUT2D eigenvalue weighted by atomic mass is 10.1. The van der Waals surface area contributed by atoms with Crippen molar-refractivity contribution in [1.29, 1.82) is 0 Å². The summed E-state index contributed by atoms with van der Waals surface area (Å²) in [6.45, 7) is 6.54. The molecule has 0 aliphatic heterocycles. The Morgan fingerprint density at radius 3 is 2.35 bits per heavy atom. The van der Waals surface area contributed by atoms with E-state index in [2.05, 4.69) is 29.3 Å². The number of rotatable bonds is 8. The zero-order chi connectivity index (χ0) is 13.9. The SMILES string of the molecule is CCNCc1ccc(Cl)cc1N(CC1CC1)CC1CC1. The van der Waals surface area contributed by atoms with Gasteiger partial charge in [0.05, 0.1) is 0 Å². The molecule has 3 rings (SSSR count). The fourth-order valence-electron chi connectivity index (χ4n) is 2.74. The average Bonchev–Trinajstić information content (AvgIpc) is 3.32. The molecule has 0 spiro atoms. The van der Waals surface area contributed by atoms with E-state index in [1.54, 1.807) is 0 Å². The molecule has 2 aliphatic carbocycles. The van der Waals surface area contributed by atoms with Crippen molar-refractivity contribution in [3.8, 4) is 0 Å². The van der Waals surface area contributed by atoms with E-state index in [1.807, 2.05) is 6.07 Å². The standard InChI is InChI=1S/C17H25ClN2/c1-2-19-10-15-7-8-16(18)9-17(15)20(11-13-3-4-13)12-14-5-6-14/h7-9,13-14,19H,2-6,10-12H2,1H3. The smallest absolute Gasteiger partial charge is 0.0426 e. The molecule has 0 heterocycles. The molecule has 20 heavy (non-hydrogen) atoms. The van der Waals surface area contributed by atoms with Gasteiger partial charge in [-0.05, 0) is 61.8 Å². The van der Waals surface area contributed by atoms with E-state index in [0.717, 1.165) is 29.9 Å². The highest BCUT2D eigenvalue weighted by Crippen LogP contribution is 2.37. The van der Waals surface area contributed by atoms with Crippen molar-refractivity contribution in [2.45, 2.75) is 39.2 Å². The molecule has 0 unspecified atom stereocenters. The Hall–Kier alpha value is -0.730. The van der Waals surface area contributed by atoms with Crippen LogP contribution >= 0.6 is 11.6 Å². The van der Waals surface area contributed by atoms with E-state index in [1.165, 1.54) is 50.0 Å². The molecule has 0 atom stereocenters. The average molecular weight is 293 g/mol. The van der Waals surface area contributed by atoms with Crippen molar-refractivity contribution < 1.29 is 0 Å². The van der Waals surface area contributed by atoms with Gasteiger partial charge >= 0.3 is 0 Å². The van der Waals surface area contributed by atoms with Gasteiger partial charge in [0, 0.05) is 30.3 Å². The first-order valence-corrected chi connectivity index (χ1v) is 8.38. The van der Waals surface area contributed by atoms with Gasteiger partial charge in [-0.15, -0.1) is 0 Å². The predicted molar refractivity (Wildman–Crippen MR) is 86.5 cm³/mol. The largest absolute Gasteiger partial charge is 0.371 e. The number of halogens is 1. The first kappa shape index (κ1) is 14.2. The summed E-state index contributed by atoms with van der Waals surface area (Å²) in [4.78, 5) is 2.61. The Labute approximate surface area is 127 Å². The minimum Gasteiger partial charge on any atom is -0.371 e. The van der Waals surface area contributed by atoms with Gasteiger partial charge in [-0.2, -0.15) is 0 Å². The topological polar surface area (TPSA) is 15.3 Å². The molecule has 0 amide bonds. The van der Waals surface area contributed by atoms with Crippen molar-refractivity contribution in [2.24, 2.45) is 11.8 Å². The summed E-state index contributed by atoms with van der Waals surface area (Å²) in [7, 11) is 0. The van der Waals surface area contributed by atoms with Gasteiger partial charge in [0.2, 0.25) is 0 Å². The fraction of sp³-hybridized carbons (Fsp3) is 0.647. The number of anilines is 1. The highest BCUT2D eigenvalue weighted by molar-refractivity contribution is 6.30. The third kappa shape index (κ3) is 3.89. The maximum atomic E-state index is 6.25. The molecule has 1 aromatic rings.